The first-order chi connectivity index (χ1) is 15.1. The normalized spacial score (nSPS) is 11.4. The maximum Gasteiger partial charge on any atom is 0.259 e. The largest absolute Gasteiger partial charge is 0.488 e. The standard InChI is InChI=1S/C24H25ClN2O4S/c1-16-13-20(32(29,30)27(3)4)14-22(17(16)2)26-24(28)21-7-5-6-8-23(21)31-15-18-9-11-19(25)12-10-18/h5-14H,15H2,1-4H3,(H,26,28). The molecule has 0 radical (unpaired) electrons. The molecule has 0 saturated heterocycles. The molecule has 0 aromatic heterocycles. The number of carbonyl (C=O) groups is 1. The van der Waals surface area contributed by atoms with E-state index in [9.17, 15) is 13.2 Å². The van der Waals surface area contributed by atoms with Gasteiger partial charge in [-0.05, 0) is 66.9 Å². The van der Waals surface area contributed by atoms with Crippen molar-refractivity contribution >= 4 is 33.2 Å². The summed E-state index contributed by atoms with van der Waals surface area (Å²) in [6, 6.07) is 17.3. The van der Waals surface area contributed by atoms with Gasteiger partial charge >= 0.3 is 0 Å². The van der Waals surface area contributed by atoms with Gasteiger partial charge in [-0.1, -0.05) is 35.9 Å². The number of hydrogen-bond donors (Lipinski definition) is 1. The average Bonchev–Trinajstić information content (AvgIpc) is 2.76. The molecule has 0 bridgehead atoms. The van der Waals surface area contributed by atoms with Gasteiger partial charge in [0.2, 0.25) is 10.0 Å². The van der Waals surface area contributed by atoms with Gasteiger partial charge in [0, 0.05) is 24.8 Å². The Kier molecular flexibility index (Phi) is 7.23. The van der Waals surface area contributed by atoms with Gasteiger partial charge in [-0.2, -0.15) is 0 Å². The predicted octanol–water partition coefficient (Wildman–Crippen LogP) is 5.04. The summed E-state index contributed by atoms with van der Waals surface area (Å²) in [4.78, 5) is 13.2. The Bertz CT molecular complexity index is 1240. The summed E-state index contributed by atoms with van der Waals surface area (Å²) in [6.07, 6.45) is 0. The molecule has 8 heteroatoms. The number of para-hydroxylation sites is 1. The van der Waals surface area contributed by atoms with Crippen LogP contribution in [0.25, 0.3) is 0 Å². The second-order valence-corrected chi connectivity index (χ2v) is 10.2. The van der Waals surface area contributed by atoms with E-state index < -0.39 is 15.9 Å². The number of sulfonamides is 1. The van der Waals surface area contributed by atoms with Crippen LogP contribution in [0.4, 0.5) is 5.69 Å². The first kappa shape index (κ1) is 23.8. The van der Waals surface area contributed by atoms with E-state index in [2.05, 4.69) is 5.32 Å². The molecule has 0 saturated carbocycles. The Morgan fingerprint density at radius 1 is 1.03 bits per heavy atom. The van der Waals surface area contributed by atoms with Crippen LogP contribution in [-0.2, 0) is 16.6 Å². The van der Waals surface area contributed by atoms with Crippen LogP contribution in [0.1, 0.15) is 27.0 Å². The van der Waals surface area contributed by atoms with E-state index in [-0.39, 0.29) is 11.5 Å². The molecule has 0 heterocycles. The molecule has 0 fully saturated rings. The van der Waals surface area contributed by atoms with Crippen LogP contribution in [-0.4, -0.2) is 32.7 Å². The zero-order valence-electron chi connectivity index (χ0n) is 18.3. The van der Waals surface area contributed by atoms with E-state index in [1.54, 1.807) is 42.5 Å². The van der Waals surface area contributed by atoms with Crippen molar-refractivity contribution in [1.29, 1.82) is 0 Å². The van der Waals surface area contributed by atoms with Crippen molar-refractivity contribution in [2.45, 2.75) is 25.3 Å². The summed E-state index contributed by atoms with van der Waals surface area (Å²) in [5, 5.41) is 3.48. The van der Waals surface area contributed by atoms with Gasteiger partial charge in [0.05, 0.1) is 10.5 Å². The highest BCUT2D eigenvalue weighted by Gasteiger charge is 2.21. The summed E-state index contributed by atoms with van der Waals surface area (Å²) >= 11 is 5.92. The van der Waals surface area contributed by atoms with Crippen molar-refractivity contribution in [2.75, 3.05) is 19.4 Å². The second kappa shape index (κ2) is 9.73. The lowest BCUT2D eigenvalue weighted by molar-refractivity contribution is 0.102. The molecule has 3 aromatic rings. The number of carbonyl (C=O) groups excluding carboxylic acids is 1. The fraction of sp³-hybridized carbons (Fsp3) is 0.208. The van der Waals surface area contributed by atoms with E-state index in [0.717, 1.165) is 21.0 Å². The smallest absolute Gasteiger partial charge is 0.259 e. The molecule has 0 atom stereocenters. The Hall–Kier alpha value is -2.87. The lowest BCUT2D eigenvalue weighted by Crippen LogP contribution is -2.23. The van der Waals surface area contributed by atoms with Crippen molar-refractivity contribution in [2.24, 2.45) is 0 Å². The van der Waals surface area contributed by atoms with Gasteiger partial charge < -0.3 is 10.1 Å². The summed E-state index contributed by atoms with van der Waals surface area (Å²) in [6.45, 7) is 3.92. The lowest BCUT2D eigenvalue weighted by Gasteiger charge is -2.17. The van der Waals surface area contributed by atoms with Crippen molar-refractivity contribution in [3.05, 3.63) is 87.9 Å². The summed E-state index contributed by atoms with van der Waals surface area (Å²) in [5.41, 5.74) is 3.24. The highest BCUT2D eigenvalue weighted by molar-refractivity contribution is 7.89. The molecular weight excluding hydrogens is 448 g/mol. The minimum absolute atomic E-state index is 0.119. The first-order valence-electron chi connectivity index (χ1n) is 9.91. The molecule has 168 valence electrons. The van der Waals surface area contributed by atoms with Crippen molar-refractivity contribution < 1.29 is 17.9 Å². The van der Waals surface area contributed by atoms with E-state index in [0.29, 0.717) is 22.0 Å². The summed E-state index contributed by atoms with van der Waals surface area (Å²) in [5.74, 6) is 0.0324. The molecule has 0 spiro atoms. The molecular formula is C24H25ClN2O4S. The second-order valence-electron chi connectivity index (χ2n) is 7.57. The minimum Gasteiger partial charge on any atom is -0.488 e. The first-order valence-corrected chi connectivity index (χ1v) is 11.7. The maximum absolute atomic E-state index is 13.1. The van der Waals surface area contributed by atoms with E-state index in [1.165, 1.54) is 20.2 Å². The van der Waals surface area contributed by atoms with Gasteiger partial charge in [-0.25, -0.2) is 12.7 Å². The summed E-state index contributed by atoms with van der Waals surface area (Å²) < 4.78 is 32.2. The van der Waals surface area contributed by atoms with E-state index in [1.807, 2.05) is 26.0 Å². The molecule has 1 amide bonds. The SMILES string of the molecule is Cc1cc(S(=O)(=O)N(C)C)cc(NC(=O)c2ccccc2OCc2ccc(Cl)cc2)c1C. The predicted molar refractivity (Wildman–Crippen MR) is 127 cm³/mol. The highest BCUT2D eigenvalue weighted by Crippen LogP contribution is 2.27. The maximum atomic E-state index is 13.1. The van der Waals surface area contributed by atoms with Crippen molar-refractivity contribution in [3.8, 4) is 5.75 Å². The fourth-order valence-electron chi connectivity index (χ4n) is 3.03. The molecule has 3 rings (SSSR count). The van der Waals surface area contributed by atoms with Gasteiger partial charge in [0.15, 0.2) is 0 Å². The molecule has 6 nitrogen and oxygen atoms in total. The monoisotopic (exact) mass is 472 g/mol. The minimum atomic E-state index is -3.64. The lowest BCUT2D eigenvalue weighted by atomic mass is 10.1. The number of aryl methyl sites for hydroxylation is 1. The van der Waals surface area contributed by atoms with Crippen LogP contribution in [0.15, 0.2) is 65.6 Å². The molecule has 32 heavy (non-hydrogen) atoms. The Morgan fingerprint density at radius 2 is 1.69 bits per heavy atom. The third-order valence-corrected chi connectivity index (χ3v) is 7.15. The average molecular weight is 473 g/mol. The molecule has 0 aliphatic carbocycles. The number of benzene rings is 3. The van der Waals surface area contributed by atoms with Crippen LogP contribution in [0.5, 0.6) is 5.75 Å². The number of rotatable bonds is 7. The third-order valence-electron chi connectivity index (χ3n) is 5.11. The summed E-state index contributed by atoms with van der Waals surface area (Å²) in [7, 11) is -0.703. The van der Waals surface area contributed by atoms with Crippen LogP contribution in [0.3, 0.4) is 0 Å². The highest BCUT2D eigenvalue weighted by atomic mass is 35.5. The zero-order chi connectivity index (χ0) is 23.5. The molecule has 0 unspecified atom stereocenters. The van der Waals surface area contributed by atoms with Gasteiger partial charge in [-0.3, -0.25) is 4.79 Å². The van der Waals surface area contributed by atoms with Crippen LogP contribution in [0, 0.1) is 13.8 Å². The van der Waals surface area contributed by atoms with Crippen molar-refractivity contribution in [1.82, 2.24) is 4.31 Å². The zero-order valence-corrected chi connectivity index (χ0v) is 19.9. The van der Waals surface area contributed by atoms with Gasteiger partial charge in [-0.15, -0.1) is 0 Å². The topological polar surface area (TPSA) is 75.7 Å². The molecule has 0 aliphatic heterocycles. The van der Waals surface area contributed by atoms with Gasteiger partial charge in [0.25, 0.3) is 5.91 Å². The molecule has 3 aromatic carbocycles. The van der Waals surface area contributed by atoms with Crippen LogP contribution >= 0.6 is 11.6 Å². The van der Waals surface area contributed by atoms with Gasteiger partial charge in [0.1, 0.15) is 12.4 Å². The van der Waals surface area contributed by atoms with E-state index in [4.69, 9.17) is 16.3 Å². The third kappa shape index (κ3) is 5.30. The number of halogens is 1. The number of amides is 1. The Morgan fingerprint density at radius 3 is 2.34 bits per heavy atom. The number of nitrogens with one attached hydrogen (secondary N) is 1. The number of anilines is 1. The quantitative estimate of drug-likeness (QED) is 0.522. The Balaban J connectivity index is 1.86. The van der Waals surface area contributed by atoms with E-state index >= 15 is 0 Å². The Labute approximate surface area is 193 Å². The molecule has 1 N–H and O–H groups in total. The van der Waals surface area contributed by atoms with Crippen molar-refractivity contribution in [3.63, 3.8) is 0 Å². The molecule has 0 aliphatic rings. The van der Waals surface area contributed by atoms with Crippen LogP contribution < -0.4 is 10.1 Å². The van der Waals surface area contributed by atoms with Crippen LogP contribution in [0.2, 0.25) is 5.02 Å². The fourth-order valence-corrected chi connectivity index (χ4v) is 4.17. The number of hydrogen-bond acceptors (Lipinski definition) is 4. The number of nitrogens with zero attached hydrogens (tertiary/aromatic N) is 1. The number of ether oxygens (including phenoxy) is 1.